The molecule has 0 bridgehead atoms. The van der Waals surface area contributed by atoms with E-state index in [0.717, 1.165) is 4.90 Å². The molecule has 0 saturated carbocycles. The van der Waals surface area contributed by atoms with Gasteiger partial charge in [-0.15, -0.1) is 0 Å². The maximum Gasteiger partial charge on any atom is 0.418 e. The standard InChI is InChI=1S/C11H8F6N2/c12-10(13,14)7-1-2-8(11(15,16)17)9(5-7)19-4-3-18-6-19/h1-5,18H,6H2. The van der Waals surface area contributed by atoms with E-state index < -0.39 is 29.2 Å². The monoisotopic (exact) mass is 282 g/mol. The molecule has 1 aromatic rings. The summed E-state index contributed by atoms with van der Waals surface area (Å²) < 4.78 is 76.0. The third kappa shape index (κ3) is 2.77. The number of nitrogens with one attached hydrogen (secondary N) is 1. The molecule has 0 saturated heterocycles. The molecule has 0 aliphatic carbocycles. The minimum atomic E-state index is -4.71. The summed E-state index contributed by atoms with van der Waals surface area (Å²) in [6.07, 6.45) is -6.78. The number of rotatable bonds is 1. The zero-order valence-corrected chi connectivity index (χ0v) is 9.31. The maximum absolute atomic E-state index is 12.8. The number of alkyl halides is 6. The molecular weight excluding hydrogens is 274 g/mol. The molecule has 0 aromatic heterocycles. The van der Waals surface area contributed by atoms with Crippen molar-refractivity contribution in [2.75, 3.05) is 11.6 Å². The minimum Gasteiger partial charge on any atom is -0.372 e. The van der Waals surface area contributed by atoms with Gasteiger partial charge in [0.1, 0.15) is 0 Å². The summed E-state index contributed by atoms with van der Waals surface area (Å²) in [6.45, 7) is -0.00953. The second-order valence-electron chi connectivity index (χ2n) is 3.88. The van der Waals surface area contributed by atoms with Crippen molar-refractivity contribution in [2.24, 2.45) is 0 Å². The summed E-state index contributed by atoms with van der Waals surface area (Å²) >= 11 is 0. The Morgan fingerprint density at radius 2 is 1.68 bits per heavy atom. The Morgan fingerprint density at radius 3 is 2.16 bits per heavy atom. The first-order valence-electron chi connectivity index (χ1n) is 5.15. The molecule has 1 aromatic carbocycles. The van der Waals surface area contributed by atoms with Crippen molar-refractivity contribution in [1.82, 2.24) is 5.32 Å². The smallest absolute Gasteiger partial charge is 0.372 e. The lowest BCUT2D eigenvalue weighted by atomic mass is 10.1. The molecule has 0 amide bonds. The van der Waals surface area contributed by atoms with Crippen molar-refractivity contribution in [3.8, 4) is 0 Å². The lowest BCUT2D eigenvalue weighted by Crippen LogP contribution is -2.23. The molecule has 1 aliphatic heterocycles. The van der Waals surface area contributed by atoms with Crippen LogP contribution in [0.15, 0.2) is 30.6 Å². The quantitative estimate of drug-likeness (QED) is 0.792. The Morgan fingerprint density at radius 1 is 1.00 bits per heavy atom. The van der Waals surface area contributed by atoms with E-state index in [1.165, 1.54) is 12.4 Å². The molecule has 2 nitrogen and oxygen atoms in total. The summed E-state index contributed by atoms with van der Waals surface area (Å²) in [4.78, 5) is 1.07. The largest absolute Gasteiger partial charge is 0.418 e. The van der Waals surface area contributed by atoms with Crippen molar-refractivity contribution < 1.29 is 26.3 Å². The van der Waals surface area contributed by atoms with Crippen LogP contribution in [0.2, 0.25) is 0 Å². The summed E-state index contributed by atoms with van der Waals surface area (Å²) in [5.41, 5.74) is -2.74. The SMILES string of the molecule is FC(F)(F)c1ccc(C(F)(F)F)c(N2C=CNC2)c1. The molecule has 0 fully saturated rings. The molecule has 0 spiro atoms. The number of hydrogen-bond donors (Lipinski definition) is 1. The predicted octanol–water partition coefficient (Wildman–Crippen LogP) is 3.56. The first-order chi connectivity index (χ1) is 8.69. The second-order valence-corrected chi connectivity index (χ2v) is 3.88. The van der Waals surface area contributed by atoms with Gasteiger partial charge in [-0.05, 0) is 18.2 Å². The summed E-state index contributed by atoms with van der Waals surface area (Å²) in [5, 5.41) is 2.60. The van der Waals surface area contributed by atoms with Gasteiger partial charge in [-0.1, -0.05) is 0 Å². The van der Waals surface area contributed by atoms with E-state index >= 15 is 0 Å². The van der Waals surface area contributed by atoms with Crippen molar-refractivity contribution in [2.45, 2.75) is 12.4 Å². The number of halogens is 6. The van der Waals surface area contributed by atoms with Crippen LogP contribution in [-0.2, 0) is 12.4 Å². The fourth-order valence-corrected chi connectivity index (χ4v) is 1.70. The van der Waals surface area contributed by atoms with E-state index in [0.29, 0.717) is 18.2 Å². The zero-order valence-electron chi connectivity index (χ0n) is 9.31. The summed E-state index contributed by atoms with van der Waals surface area (Å²) in [7, 11) is 0. The van der Waals surface area contributed by atoms with Gasteiger partial charge in [0.2, 0.25) is 0 Å². The molecule has 0 unspecified atom stereocenters. The number of nitrogens with zero attached hydrogens (tertiary/aromatic N) is 1. The Kier molecular flexibility index (Phi) is 3.11. The minimum absolute atomic E-state index is 0.00953. The van der Waals surface area contributed by atoms with Gasteiger partial charge in [-0.3, -0.25) is 0 Å². The van der Waals surface area contributed by atoms with Crippen molar-refractivity contribution >= 4 is 5.69 Å². The summed E-state index contributed by atoms with van der Waals surface area (Å²) in [6, 6.07) is 1.38. The average molecular weight is 282 g/mol. The predicted molar refractivity (Wildman–Crippen MR) is 56.1 cm³/mol. The lowest BCUT2D eigenvalue weighted by molar-refractivity contribution is -0.141. The fourth-order valence-electron chi connectivity index (χ4n) is 1.70. The third-order valence-electron chi connectivity index (χ3n) is 2.57. The van der Waals surface area contributed by atoms with E-state index in [-0.39, 0.29) is 6.67 Å². The first-order valence-corrected chi connectivity index (χ1v) is 5.15. The van der Waals surface area contributed by atoms with Crippen LogP contribution in [-0.4, -0.2) is 6.67 Å². The van der Waals surface area contributed by atoms with Crippen LogP contribution >= 0.6 is 0 Å². The first kappa shape index (κ1) is 13.6. The zero-order chi connectivity index (χ0) is 14.3. The highest BCUT2D eigenvalue weighted by atomic mass is 19.4. The van der Waals surface area contributed by atoms with Crippen LogP contribution in [0, 0.1) is 0 Å². The Balaban J connectivity index is 2.54. The highest BCUT2D eigenvalue weighted by Gasteiger charge is 2.38. The van der Waals surface area contributed by atoms with Crippen LogP contribution in [0.1, 0.15) is 11.1 Å². The number of anilines is 1. The molecule has 1 N–H and O–H groups in total. The van der Waals surface area contributed by atoms with Gasteiger partial charge >= 0.3 is 12.4 Å². The molecule has 19 heavy (non-hydrogen) atoms. The van der Waals surface area contributed by atoms with Crippen molar-refractivity contribution in [3.63, 3.8) is 0 Å². The molecule has 8 heteroatoms. The van der Waals surface area contributed by atoms with E-state index in [4.69, 9.17) is 0 Å². The third-order valence-corrected chi connectivity index (χ3v) is 2.57. The molecule has 0 atom stereocenters. The van der Waals surface area contributed by atoms with Crippen LogP contribution in [0.3, 0.4) is 0 Å². The molecule has 0 radical (unpaired) electrons. The van der Waals surface area contributed by atoms with Gasteiger partial charge in [0.25, 0.3) is 0 Å². The maximum atomic E-state index is 12.8. The Labute approximate surface area is 104 Å². The van der Waals surface area contributed by atoms with Crippen LogP contribution in [0.25, 0.3) is 0 Å². The van der Waals surface area contributed by atoms with E-state index in [9.17, 15) is 26.3 Å². The molecule has 104 valence electrons. The molecular formula is C11H8F6N2. The normalized spacial score (nSPS) is 15.8. The van der Waals surface area contributed by atoms with Gasteiger partial charge < -0.3 is 10.2 Å². The van der Waals surface area contributed by atoms with Crippen molar-refractivity contribution in [3.05, 3.63) is 41.7 Å². The Bertz CT molecular complexity index is 503. The topological polar surface area (TPSA) is 15.3 Å². The van der Waals surface area contributed by atoms with Crippen LogP contribution < -0.4 is 10.2 Å². The van der Waals surface area contributed by atoms with E-state index in [1.807, 2.05) is 0 Å². The molecule has 2 rings (SSSR count). The van der Waals surface area contributed by atoms with E-state index in [1.54, 1.807) is 0 Å². The van der Waals surface area contributed by atoms with Gasteiger partial charge in [-0.25, -0.2) is 0 Å². The average Bonchev–Trinajstić information content (AvgIpc) is 2.79. The summed E-state index contributed by atoms with van der Waals surface area (Å²) in [5.74, 6) is 0. The highest BCUT2D eigenvalue weighted by Crippen LogP contribution is 2.40. The van der Waals surface area contributed by atoms with E-state index in [2.05, 4.69) is 5.32 Å². The Hall–Kier alpha value is -1.86. The molecule has 1 aliphatic rings. The van der Waals surface area contributed by atoms with Gasteiger partial charge in [0, 0.05) is 12.4 Å². The molecule has 1 heterocycles. The van der Waals surface area contributed by atoms with Gasteiger partial charge in [0.05, 0.1) is 23.5 Å². The van der Waals surface area contributed by atoms with Crippen LogP contribution in [0.5, 0.6) is 0 Å². The van der Waals surface area contributed by atoms with Crippen LogP contribution in [0.4, 0.5) is 32.0 Å². The fraction of sp³-hybridized carbons (Fsp3) is 0.273. The number of benzene rings is 1. The van der Waals surface area contributed by atoms with Gasteiger partial charge in [-0.2, -0.15) is 26.3 Å². The highest BCUT2D eigenvalue weighted by molar-refractivity contribution is 5.59. The number of hydrogen-bond acceptors (Lipinski definition) is 2. The van der Waals surface area contributed by atoms with Crippen molar-refractivity contribution in [1.29, 1.82) is 0 Å². The lowest BCUT2D eigenvalue weighted by Gasteiger charge is -2.22. The van der Waals surface area contributed by atoms with Gasteiger partial charge in [0.15, 0.2) is 0 Å². The second kappa shape index (κ2) is 4.36.